The second kappa shape index (κ2) is 14.7. The van der Waals surface area contributed by atoms with E-state index in [1.54, 1.807) is 38.1 Å². The molecule has 35 heavy (non-hydrogen) atoms. The van der Waals surface area contributed by atoms with Gasteiger partial charge in [0.1, 0.15) is 18.1 Å². The van der Waals surface area contributed by atoms with Crippen LogP contribution in [0.3, 0.4) is 0 Å². The van der Waals surface area contributed by atoms with E-state index in [1.165, 1.54) is 0 Å². The number of carboxylic acid groups (broad SMARTS) is 1. The quantitative estimate of drug-likeness (QED) is 0.151. The summed E-state index contributed by atoms with van der Waals surface area (Å²) < 4.78 is 0. The molecule has 12 heteroatoms. The maximum absolute atomic E-state index is 12.7. The number of primary amides is 1. The predicted octanol–water partition coefficient (Wildman–Crippen LogP) is -1.60. The van der Waals surface area contributed by atoms with E-state index in [9.17, 15) is 34.2 Å². The summed E-state index contributed by atoms with van der Waals surface area (Å²) in [7, 11) is 0. The van der Waals surface area contributed by atoms with Crippen molar-refractivity contribution in [1.82, 2.24) is 16.0 Å². The average molecular weight is 494 g/mol. The molecule has 4 atom stereocenters. The monoisotopic (exact) mass is 493 g/mol. The molecule has 0 heterocycles. The van der Waals surface area contributed by atoms with Crippen LogP contribution in [0.15, 0.2) is 30.3 Å². The Labute approximate surface area is 203 Å². The van der Waals surface area contributed by atoms with Crippen LogP contribution in [0.4, 0.5) is 0 Å². The molecule has 1 aromatic rings. The second-order valence-electron chi connectivity index (χ2n) is 8.64. The molecule has 1 rings (SSSR count). The molecular formula is C23H35N5O7. The average Bonchev–Trinajstić information content (AvgIpc) is 2.79. The van der Waals surface area contributed by atoms with Crippen LogP contribution in [0.25, 0.3) is 0 Å². The first-order valence-corrected chi connectivity index (χ1v) is 11.3. The van der Waals surface area contributed by atoms with Crippen LogP contribution in [0.5, 0.6) is 0 Å². The third kappa shape index (κ3) is 11.0. The molecule has 12 nitrogen and oxygen atoms in total. The van der Waals surface area contributed by atoms with E-state index < -0.39 is 60.4 Å². The smallest absolute Gasteiger partial charge is 0.326 e. The fourth-order valence-corrected chi connectivity index (χ4v) is 3.23. The molecule has 4 amide bonds. The summed E-state index contributed by atoms with van der Waals surface area (Å²) in [5.41, 5.74) is 11.9. The van der Waals surface area contributed by atoms with Crippen molar-refractivity contribution in [3.8, 4) is 0 Å². The number of rotatable bonds is 15. The Hall–Kier alpha value is -3.51. The Bertz CT molecular complexity index is 878. The first-order chi connectivity index (χ1) is 16.4. The highest BCUT2D eigenvalue weighted by Gasteiger charge is 2.30. The molecule has 0 bridgehead atoms. The first-order valence-electron chi connectivity index (χ1n) is 11.3. The van der Waals surface area contributed by atoms with Crippen molar-refractivity contribution in [3.05, 3.63) is 35.9 Å². The number of aliphatic hydroxyl groups excluding tert-OH is 1. The molecule has 0 aliphatic rings. The zero-order valence-electron chi connectivity index (χ0n) is 19.9. The molecule has 194 valence electrons. The minimum atomic E-state index is -1.43. The molecule has 9 N–H and O–H groups in total. The number of carbonyl (C=O) groups is 5. The normalized spacial score (nSPS) is 14.3. The summed E-state index contributed by atoms with van der Waals surface area (Å²) >= 11 is 0. The van der Waals surface area contributed by atoms with Crippen LogP contribution >= 0.6 is 0 Å². The van der Waals surface area contributed by atoms with Crippen molar-refractivity contribution in [2.45, 2.75) is 63.7 Å². The molecule has 0 saturated carbocycles. The highest BCUT2D eigenvalue weighted by Crippen LogP contribution is 2.07. The Morgan fingerprint density at radius 2 is 1.43 bits per heavy atom. The predicted molar refractivity (Wildman–Crippen MR) is 127 cm³/mol. The number of nitrogens with one attached hydrogen (secondary N) is 3. The van der Waals surface area contributed by atoms with Gasteiger partial charge in [-0.15, -0.1) is 0 Å². The molecule has 4 unspecified atom stereocenters. The summed E-state index contributed by atoms with van der Waals surface area (Å²) in [5, 5.41) is 26.0. The van der Waals surface area contributed by atoms with E-state index in [0.29, 0.717) is 0 Å². The number of carbonyl (C=O) groups excluding carboxylic acids is 4. The first kappa shape index (κ1) is 29.5. The molecule has 0 saturated heterocycles. The highest BCUT2D eigenvalue weighted by molar-refractivity contribution is 5.94. The van der Waals surface area contributed by atoms with Crippen molar-refractivity contribution >= 4 is 29.6 Å². The van der Waals surface area contributed by atoms with Gasteiger partial charge in [0.25, 0.3) is 0 Å². The highest BCUT2D eigenvalue weighted by atomic mass is 16.4. The van der Waals surface area contributed by atoms with Gasteiger partial charge < -0.3 is 37.6 Å². The largest absolute Gasteiger partial charge is 0.480 e. The van der Waals surface area contributed by atoms with E-state index >= 15 is 0 Å². The summed E-state index contributed by atoms with van der Waals surface area (Å²) in [4.78, 5) is 60.6. The zero-order valence-corrected chi connectivity index (χ0v) is 19.9. The number of nitrogens with two attached hydrogens (primary N) is 2. The van der Waals surface area contributed by atoms with Crippen molar-refractivity contribution in [2.75, 3.05) is 6.61 Å². The fourth-order valence-electron chi connectivity index (χ4n) is 3.23. The van der Waals surface area contributed by atoms with Gasteiger partial charge >= 0.3 is 5.97 Å². The third-order valence-electron chi connectivity index (χ3n) is 5.08. The number of hydrogen-bond acceptors (Lipinski definition) is 7. The summed E-state index contributed by atoms with van der Waals surface area (Å²) in [6, 6.07) is 4.00. The number of benzene rings is 1. The fraction of sp³-hybridized carbons (Fsp3) is 0.522. The van der Waals surface area contributed by atoms with Gasteiger partial charge in [0.2, 0.25) is 23.6 Å². The standard InChI is InChI=1S/C23H35N5O7/c1-13(2)10-17(23(34)35)27-21(32)16(8-9-19(25)30)26-22(33)18(12-29)28-20(31)15(24)11-14-6-4-3-5-7-14/h3-7,13,15-18,29H,8-12,24H2,1-2H3,(H2,25,30)(H,26,33)(H,27,32)(H,28,31)(H,34,35). The topological polar surface area (TPSA) is 214 Å². The number of hydrogen-bond donors (Lipinski definition) is 7. The van der Waals surface area contributed by atoms with Crippen LogP contribution in [-0.2, 0) is 30.4 Å². The lowest BCUT2D eigenvalue weighted by Gasteiger charge is -2.24. The minimum Gasteiger partial charge on any atom is -0.480 e. The van der Waals surface area contributed by atoms with Crippen molar-refractivity contribution in [2.24, 2.45) is 17.4 Å². The number of carboxylic acids is 1. The van der Waals surface area contributed by atoms with Crippen LogP contribution < -0.4 is 27.4 Å². The van der Waals surface area contributed by atoms with E-state index in [1.807, 2.05) is 6.07 Å². The SMILES string of the molecule is CC(C)CC(NC(=O)C(CCC(N)=O)NC(=O)C(CO)NC(=O)C(N)Cc1ccccc1)C(=O)O. The van der Waals surface area contributed by atoms with E-state index in [4.69, 9.17) is 11.5 Å². The molecule has 0 aromatic heterocycles. The molecule has 0 aliphatic carbocycles. The van der Waals surface area contributed by atoms with E-state index in [-0.39, 0.29) is 31.6 Å². The van der Waals surface area contributed by atoms with Crippen LogP contribution in [0, 0.1) is 5.92 Å². The maximum Gasteiger partial charge on any atom is 0.326 e. The Morgan fingerprint density at radius 1 is 0.886 bits per heavy atom. The number of aliphatic hydroxyl groups is 1. The van der Waals surface area contributed by atoms with Gasteiger partial charge in [0.15, 0.2) is 0 Å². The van der Waals surface area contributed by atoms with Gasteiger partial charge in [-0.25, -0.2) is 4.79 Å². The van der Waals surface area contributed by atoms with E-state index in [2.05, 4.69) is 16.0 Å². The van der Waals surface area contributed by atoms with Crippen LogP contribution in [-0.4, -0.2) is 70.6 Å². The van der Waals surface area contributed by atoms with Gasteiger partial charge in [0, 0.05) is 6.42 Å². The maximum atomic E-state index is 12.7. The van der Waals surface area contributed by atoms with Crippen LogP contribution in [0.1, 0.15) is 38.7 Å². The minimum absolute atomic E-state index is 0.0378. The Balaban J connectivity index is 2.86. The lowest BCUT2D eigenvalue weighted by Crippen LogP contribution is -2.58. The lowest BCUT2D eigenvalue weighted by molar-refractivity contribution is -0.143. The zero-order chi connectivity index (χ0) is 26.5. The Morgan fingerprint density at radius 3 is 1.94 bits per heavy atom. The molecule has 0 fully saturated rings. The van der Waals surface area contributed by atoms with Crippen LogP contribution in [0.2, 0.25) is 0 Å². The lowest BCUT2D eigenvalue weighted by atomic mass is 10.0. The number of amides is 4. The van der Waals surface area contributed by atoms with Gasteiger partial charge in [-0.05, 0) is 30.7 Å². The van der Waals surface area contributed by atoms with Crippen molar-refractivity contribution in [1.29, 1.82) is 0 Å². The van der Waals surface area contributed by atoms with Gasteiger partial charge in [-0.2, -0.15) is 0 Å². The van der Waals surface area contributed by atoms with Gasteiger partial charge in [-0.3, -0.25) is 19.2 Å². The molecule has 0 spiro atoms. The van der Waals surface area contributed by atoms with Gasteiger partial charge in [-0.1, -0.05) is 44.2 Å². The van der Waals surface area contributed by atoms with E-state index in [0.717, 1.165) is 5.56 Å². The molecule has 0 radical (unpaired) electrons. The third-order valence-corrected chi connectivity index (χ3v) is 5.08. The van der Waals surface area contributed by atoms with Crippen molar-refractivity contribution in [3.63, 3.8) is 0 Å². The van der Waals surface area contributed by atoms with Gasteiger partial charge in [0.05, 0.1) is 12.6 Å². The number of aliphatic carboxylic acids is 1. The van der Waals surface area contributed by atoms with Crippen molar-refractivity contribution < 1.29 is 34.2 Å². The molecular weight excluding hydrogens is 458 g/mol. The molecule has 0 aliphatic heterocycles. The molecule has 1 aromatic carbocycles. The summed E-state index contributed by atoms with van der Waals surface area (Å²) in [6.07, 6.45) is -0.131. The summed E-state index contributed by atoms with van der Waals surface area (Å²) in [6.45, 7) is 2.78. The Kier molecular flexibility index (Phi) is 12.4. The summed E-state index contributed by atoms with van der Waals surface area (Å²) in [5.74, 6) is -4.45. The second-order valence-corrected chi connectivity index (χ2v) is 8.64.